The summed E-state index contributed by atoms with van der Waals surface area (Å²) in [5.74, 6) is 0.599. The first-order chi connectivity index (χ1) is 8.02. The highest BCUT2D eigenvalue weighted by Gasteiger charge is 2.31. The van der Waals surface area contributed by atoms with E-state index >= 15 is 0 Å². The summed E-state index contributed by atoms with van der Waals surface area (Å²) < 4.78 is 0. The maximum absolute atomic E-state index is 6.44. The van der Waals surface area contributed by atoms with Gasteiger partial charge in [0.05, 0.1) is 0 Å². The van der Waals surface area contributed by atoms with Gasteiger partial charge in [-0.05, 0) is 50.9 Å². The topological polar surface area (TPSA) is 29.3 Å². The lowest BCUT2D eigenvalue weighted by molar-refractivity contribution is 0.313. The van der Waals surface area contributed by atoms with Crippen LogP contribution < -0.4 is 5.73 Å². The molecule has 0 saturated carbocycles. The smallest absolute Gasteiger partial charge is 0.0483 e. The lowest BCUT2D eigenvalue weighted by Crippen LogP contribution is -2.20. The minimum Gasteiger partial charge on any atom is -0.330 e. The maximum atomic E-state index is 6.44. The molecule has 2 unspecified atom stereocenters. The van der Waals surface area contributed by atoms with Gasteiger partial charge in [0, 0.05) is 17.6 Å². The first-order valence-electron chi connectivity index (χ1n) is 6.20. The van der Waals surface area contributed by atoms with Crippen LogP contribution in [-0.4, -0.2) is 25.0 Å². The van der Waals surface area contributed by atoms with Crippen LogP contribution in [0.15, 0.2) is 12.1 Å². The zero-order chi connectivity index (χ0) is 12.6. The van der Waals surface area contributed by atoms with E-state index in [-0.39, 0.29) is 0 Å². The van der Waals surface area contributed by atoms with Gasteiger partial charge in [0.25, 0.3) is 0 Å². The van der Waals surface area contributed by atoms with E-state index in [4.69, 9.17) is 17.3 Å². The van der Waals surface area contributed by atoms with Crippen molar-refractivity contribution in [3.05, 3.63) is 33.8 Å². The monoisotopic (exact) mass is 252 g/mol. The fourth-order valence-electron chi connectivity index (χ4n) is 2.87. The van der Waals surface area contributed by atoms with Crippen molar-refractivity contribution in [1.29, 1.82) is 0 Å². The molecule has 2 atom stereocenters. The number of likely N-dealkylation sites (tertiary alicyclic amines) is 1. The molecule has 0 amide bonds. The Morgan fingerprint density at radius 2 is 2.12 bits per heavy atom. The molecule has 2 N–H and O–H groups in total. The molecule has 1 fully saturated rings. The zero-order valence-electron chi connectivity index (χ0n) is 10.8. The normalized spacial score (nSPS) is 25.5. The average molecular weight is 253 g/mol. The van der Waals surface area contributed by atoms with E-state index in [0.717, 1.165) is 24.5 Å². The predicted octanol–water partition coefficient (Wildman–Crippen LogP) is 2.91. The first-order valence-corrected chi connectivity index (χ1v) is 6.57. The lowest BCUT2D eigenvalue weighted by atomic mass is 9.97. The Labute approximate surface area is 109 Å². The Hall–Kier alpha value is -0.570. The summed E-state index contributed by atoms with van der Waals surface area (Å²) >= 11 is 6.44. The zero-order valence-corrected chi connectivity index (χ0v) is 11.6. The largest absolute Gasteiger partial charge is 0.330 e. The van der Waals surface area contributed by atoms with Gasteiger partial charge in [-0.2, -0.15) is 0 Å². The summed E-state index contributed by atoms with van der Waals surface area (Å²) in [7, 11) is 2.16. The Kier molecular flexibility index (Phi) is 3.76. The van der Waals surface area contributed by atoms with Crippen LogP contribution in [-0.2, 0) is 0 Å². The van der Waals surface area contributed by atoms with E-state index in [1.54, 1.807) is 0 Å². The Bertz CT molecular complexity index is 417. The van der Waals surface area contributed by atoms with Crippen molar-refractivity contribution in [2.24, 2.45) is 11.7 Å². The van der Waals surface area contributed by atoms with Crippen LogP contribution in [0, 0.1) is 19.8 Å². The van der Waals surface area contributed by atoms with Crippen molar-refractivity contribution in [3.63, 3.8) is 0 Å². The number of rotatable bonds is 2. The summed E-state index contributed by atoms with van der Waals surface area (Å²) in [5.41, 5.74) is 9.50. The second-order valence-corrected chi connectivity index (χ2v) is 5.66. The molecule has 2 rings (SSSR count). The molecule has 0 radical (unpaired) electrons. The summed E-state index contributed by atoms with van der Waals surface area (Å²) in [6.45, 7) is 6.05. The van der Waals surface area contributed by atoms with Crippen LogP contribution in [0.5, 0.6) is 0 Å². The molecule has 3 heteroatoms. The predicted molar refractivity (Wildman–Crippen MR) is 73.5 cm³/mol. The Balaban J connectivity index is 2.34. The molecule has 0 aromatic heterocycles. The number of nitrogens with two attached hydrogens (primary N) is 1. The Morgan fingerprint density at radius 1 is 1.41 bits per heavy atom. The van der Waals surface area contributed by atoms with Crippen LogP contribution in [0.3, 0.4) is 0 Å². The van der Waals surface area contributed by atoms with Crippen molar-refractivity contribution < 1.29 is 0 Å². The highest BCUT2D eigenvalue weighted by Crippen LogP contribution is 2.38. The highest BCUT2D eigenvalue weighted by molar-refractivity contribution is 6.32. The van der Waals surface area contributed by atoms with Gasteiger partial charge in [-0.3, -0.25) is 4.90 Å². The van der Waals surface area contributed by atoms with E-state index in [1.807, 2.05) is 0 Å². The fourth-order valence-corrected chi connectivity index (χ4v) is 3.10. The van der Waals surface area contributed by atoms with Crippen LogP contribution in [0.2, 0.25) is 5.02 Å². The Morgan fingerprint density at radius 3 is 2.71 bits per heavy atom. The molecule has 94 valence electrons. The molecule has 1 saturated heterocycles. The van der Waals surface area contributed by atoms with E-state index in [1.165, 1.54) is 16.7 Å². The SMILES string of the molecule is Cc1cc(C)c(Cl)c(C2CC(CN)CN2C)c1. The molecule has 1 aromatic carbocycles. The van der Waals surface area contributed by atoms with Gasteiger partial charge < -0.3 is 5.73 Å². The van der Waals surface area contributed by atoms with Crippen molar-refractivity contribution in [3.8, 4) is 0 Å². The van der Waals surface area contributed by atoms with Crippen LogP contribution >= 0.6 is 11.6 Å². The lowest BCUT2D eigenvalue weighted by Gasteiger charge is -2.22. The van der Waals surface area contributed by atoms with Gasteiger partial charge in [-0.1, -0.05) is 29.3 Å². The second kappa shape index (κ2) is 4.97. The van der Waals surface area contributed by atoms with E-state index in [9.17, 15) is 0 Å². The molecule has 1 aliphatic heterocycles. The van der Waals surface area contributed by atoms with Crippen LogP contribution in [0.25, 0.3) is 0 Å². The quantitative estimate of drug-likeness (QED) is 0.877. The third-order valence-corrected chi connectivity index (χ3v) is 4.27. The van der Waals surface area contributed by atoms with Crippen molar-refractivity contribution in [1.82, 2.24) is 4.90 Å². The van der Waals surface area contributed by atoms with Crippen molar-refractivity contribution >= 4 is 11.6 Å². The minimum absolute atomic E-state index is 0.426. The molecular weight excluding hydrogens is 232 g/mol. The third-order valence-electron chi connectivity index (χ3n) is 3.75. The molecule has 2 nitrogen and oxygen atoms in total. The number of benzene rings is 1. The number of hydrogen-bond donors (Lipinski definition) is 1. The molecule has 1 aliphatic rings. The van der Waals surface area contributed by atoms with Crippen LogP contribution in [0.1, 0.15) is 29.2 Å². The fraction of sp³-hybridized carbons (Fsp3) is 0.571. The van der Waals surface area contributed by atoms with Gasteiger partial charge >= 0.3 is 0 Å². The molecular formula is C14H21ClN2. The van der Waals surface area contributed by atoms with E-state index in [2.05, 4.69) is 37.9 Å². The molecule has 0 spiro atoms. The number of hydrogen-bond acceptors (Lipinski definition) is 2. The summed E-state index contributed by atoms with van der Waals surface area (Å²) in [4.78, 5) is 2.37. The first kappa shape index (κ1) is 12.9. The minimum atomic E-state index is 0.426. The molecule has 17 heavy (non-hydrogen) atoms. The third kappa shape index (κ3) is 2.49. The maximum Gasteiger partial charge on any atom is 0.0483 e. The van der Waals surface area contributed by atoms with Gasteiger partial charge in [0.15, 0.2) is 0 Å². The molecule has 1 heterocycles. The summed E-state index contributed by atoms with van der Waals surface area (Å²) in [6.07, 6.45) is 1.12. The molecule has 0 bridgehead atoms. The molecule has 0 aliphatic carbocycles. The van der Waals surface area contributed by atoms with Gasteiger partial charge in [0.1, 0.15) is 0 Å². The van der Waals surface area contributed by atoms with Gasteiger partial charge in [0.2, 0.25) is 0 Å². The highest BCUT2D eigenvalue weighted by atomic mass is 35.5. The number of nitrogens with zero attached hydrogens (tertiary/aromatic N) is 1. The number of halogens is 1. The average Bonchev–Trinajstić information content (AvgIpc) is 2.65. The summed E-state index contributed by atoms with van der Waals surface area (Å²) in [6, 6.07) is 4.78. The summed E-state index contributed by atoms with van der Waals surface area (Å²) in [5, 5.41) is 0.921. The van der Waals surface area contributed by atoms with E-state index in [0.29, 0.717) is 12.0 Å². The van der Waals surface area contributed by atoms with Gasteiger partial charge in [-0.15, -0.1) is 0 Å². The number of aryl methyl sites for hydroxylation is 2. The van der Waals surface area contributed by atoms with Crippen molar-refractivity contribution in [2.45, 2.75) is 26.3 Å². The standard InChI is InChI=1S/C14H21ClN2/c1-9-4-10(2)14(15)12(5-9)13-6-11(7-16)8-17(13)3/h4-5,11,13H,6-8,16H2,1-3H3. The van der Waals surface area contributed by atoms with Crippen LogP contribution in [0.4, 0.5) is 0 Å². The van der Waals surface area contributed by atoms with Crippen molar-refractivity contribution in [2.75, 3.05) is 20.1 Å². The van der Waals surface area contributed by atoms with E-state index < -0.39 is 0 Å². The second-order valence-electron chi connectivity index (χ2n) is 5.28. The van der Waals surface area contributed by atoms with Gasteiger partial charge in [-0.25, -0.2) is 0 Å². The molecule has 1 aromatic rings.